The van der Waals surface area contributed by atoms with Crippen LogP contribution in [0.5, 0.6) is 0 Å². The molecule has 1 aliphatic rings. The van der Waals surface area contributed by atoms with Gasteiger partial charge in [-0.2, -0.15) is 13.2 Å². The van der Waals surface area contributed by atoms with E-state index < -0.39 is 12.1 Å². The summed E-state index contributed by atoms with van der Waals surface area (Å²) in [7, 11) is 0. The van der Waals surface area contributed by atoms with E-state index in [4.69, 9.17) is 15.6 Å². The number of anilines is 1. The number of rotatable bonds is 1. The largest absolute Gasteiger partial charge is 0.490 e. The Labute approximate surface area is 115 Å². The summed E-state index contributed by atoms with van der Waals surface area (Å²) in [5.41, 5.74) is 7.18. The smallest absolute Gasteiger partial charge is 0.475 e. The zero-order valence-electron chi connectivity index (χ0n) is 10.8. The zero-order valence-corrected chi connectivity index (χ0v) is 10.8. The average molecular weight is 290 g/mol. The van der Waals surface area contributed by atoms with Gasteiger partial charge in [0, 0.05) is 24.8 Å². The first-order valence-corrected chi connectivity index (χ1v) is 6.16. The van der Waals surface area contributed by atoms with Gasteiger partial charge in [-0.1, -0.05) is 18.2 Å². The van der Waals surface area contributed by atoms with E-state index in [1.807, 2.05) is 0 Å². The van der Waals surface area contributed by atoms with E-state index in [9.17, 15) is 13.2 Å². The molecular formula is C13H17F3N2O2. The molecule has 0 spiro atoms. The summed E-state index contributed by atoms with van der Waals surface area (Å²) in [5.74, 6) is -2.76. The number of hydrogen-bond donors (Lipinski definition) is 2. The van der Waals surface area contributed by atoms with E-state index in [-0.39, 0.29) is 0 Å². The first-order valence-electron chi connectivity index (χ1n) is 6.16. The van der Waals surface area contributed by atoms with Crippen molar-refractivity contribution in [2.45, 2.75) is 25.1 Å². The van der Waals surface area contributed by atoms with Crippen molar-refractivity contribution in [2.75, 3.05) is 18.0 Å². The van der Waals surface area contributed by atoms with Crippen LogP contribution in [0.3, 0.4) is 0 Å². The Kier molecular flexibility index (Phi) is 5.82. The average Bonchev–Trinajstić information content (AvgIpc) is 2.40. The summed E-state index contributed by atoms with van der Waals surface area (Å²) < 4.78 is 31.7. The quantitative estimate of drug-likeness (QED) is 0.832. The fraction of sp³-hybridized carbons (Fsp3) is 0.462. The summed E-state index contributed by atoms with van der Waals surface area (Å²) in [6, 6.07) is 11.0. The normalized spacial score (nSPS) is 16.3. The van der Waals surface area contributed by atoms with Crippen LogP contribution in [0, 0.1) is 0 Å². The van der Waals surface area contributed by atoms with Crippen LogP contribution >= 0.6 is 0 Å². The van der Waals surface area contributed by atoms with Gasteiger partial charge < -0.3 is 15.7 Å². The van der Waals surface area contributed by atoms with Crippen molar-refractivity contribution in [2.24, 2.45) is 5.73 Å². The van der Waals surface area contributed by atoms with Gasteiger partial charge in [0.25, 0.3) is 0 Å². The molecular weight excluding hydrogens is 273 g/mol. The van der Waals surface area contributed by atoms with E-state index in [1.165, 1.54) is 5.69 Å². The number of carbonyl (C=O) groups is 1. The highest BCUT2D eigenvalue weighted by Crippen LogP contribution is 2.18. The van der Waals surface area contributed by atoms with Gasteiger partial charge in [-0.15, -0.1) is 0 Å². The Bertz CT molecular complexity index is 415. The van der Waals surface area contributed by atoms with Gasteiger partial charge in [-0.25, -0.2) is 4.79 Å². The molecule has 4 nitrogen and oxygen atoms in total. The van der Waals surface area contributed by atoms with E-state index in [1.54, 1.807) is 0 Å². The summed E-state index contributed by atoms with van der Waals surface area (Å²) in [6.07, 6.45) is -2.84. The Balaban J connectivity index is 0.000000246. The highest BCUT2D eigenvalue weighted by atomic mass is 19.4. The standard InChI is InChI=1S/C11H16N2.C2HF3O2/c12-10-6-8-13(9-7-10)11-4-2-1-3-5-11;3-2(4,5)1(6)7/h1-5,10H,6-9,12H2;(H,6,7). The minimum absolute atomic E-state index is 0.417. The maximum absolute atomic E-state index is 10.6. The molecule has 1 saturated heterocycles. The zero-order chi connectivity index (χ0) is 15.2. The number of carboxylic acids is 1. The van der Waals surface area contributed by atoms with Crippen LogP contribution in [0.15, 0.2) is 30.3 Å². The lowest BCUT2D eigenvalue weighted by Gasteiger charge is -2.31. The van der Waals surface area contributed by atoms with Crippen LogP contribution in [-0.4, -0.2) is 36.4 Å². The van der Waals surface area contributed by atoms with Crippen molar-refractivity contribution in [1.29, 1.82) is 0 Å². The molecule has 112 valence electrons. The van der Waals surface area contributed by atoms with E-state index in [0.717, 1.165) is 25.9 Å². The predicted molar refractivity (Wildman–Crippen MR) is 69.6 cm³/mol. The summed E-state index contributed by atoms with van der Waals surface area (Å²) >= 11 is 0. The van der Waals surface area contributed by atoms with Crippen molar-refractivity contribution in [3.05, 3.63) is 30.3 Å². The number of carboxylic acid groups (broad SMARTS) is 1. The van der Waals surface area contributed by atoms with Gasteiger partial charge in [-0.3, -0.25) is 0 Å². The van der Waals surface area contributed by atoms with E-state index >= 15 is 0 Å². The van der Waals surface area contributed by atoms with E-state index in [2.05, 4.69) is 35.2 Å². The number of benzene rings is 1. The maximum atomic E-state index is 10.6. The Hall–Kier alpha value is -1.76. The third-order valence-corrected chi connectivity index (χ3v) is 2.90. The molecule has 0 aliphatic carbocycles. The maximum Gasteiger partial charge on any atom is 0.490 e. The van der Waals surface area contributed by atoms with Gasteiger partial charge in [0.15, 0.2) is 0 Å². The molecule has 1 aromatic carbocycles. The molecule has 2 rings (SSSR count). The minimum Gasteiger partial charge on any atom is -0.475 e. The molecule has 20 heavy (non-hydrogen) atoms. The molecule has 0 amide bonds. The Morgan fingerprint density at radius 2 is 1.65 bits per heavy atom. The van der Waals surface area contributed by atoms with Gasteiger partial charge in [0.2, 0.25) is 0 Å². The van der Waals surface area contributed by atoms with Gasteiger partial charge in [0.05, 0.1) is 0 Å². The van der Waals surface area contributed by atoms with Crippen molar-refractivity contribution >= 4 is 11.7 Å². The predicted octanol–water partition coefficient (Wildman–Crippen LogP) is 2.25. The SMILES string of the molecule is NC1CCN(c2ccccc2)CC1.O=C(O)C(F)(F)F. The second-order valence-corrected chi connectivity index (χ2v) is 4.46. The summed E-state index contributed by atoms with van der Waals surface area (Å²) in [4.78, 5) is 11.3. The van der Waals surface area contributed by atoms with Crippen molar-refractivity contribution in [1.82, 2.24) is 0 Å². The first-order chi connectivity index (χ1) is 9.30. The molecule has 1 aromatic rings. The second-order valence-electron chi connectivity index (χ2n) is 4.46. The van der Waals surface area contributed by atoms with Crippen LogP contribution in [0.1, 0.15) is 12.8 Å². The number of alkyl halides is 3. The second kappa shape index (κ2) is 7.14. The molecule has 0 atom stereocenters. The summed E-state index contributed by atoms with van der Waals surface area (Å²) in [6.45, 7) is 2.20. The van der Waals surface area contributed by atoms with Gasteiger partial charge in [0.1, 0.15) is 0 Å². The molecule has 1 heterocycles. The lowest BCUT2D eigenvalue weighted by Crippen LogP contribution is -2.39. The number of piperidine rings is 1. The molecule has 0 radical (unpaired) electrons. The van der Waals surface area contributed by atoms with Crippen LogP contribution in [0.4, 0.5) is 18.9 Å². The highest BCUT2D eigenvalue weighted by Gasteiger charge is 2.38. The van der Waals surface area contributed by atoms with Crippen LogP contribution in [-0.2, 0) is 4.79 Å². The van der Waals surface area contributed by atoms with Crippen molar-refractivity contribution < 1.29 is 23.1 Å². The molecule has 0 unspecified atom stereocenters. The molecule has 0 saturated carbocycles. The lowest BCUT2D eigenvalue weighted by atomic mass is 10.1. The third kappa shape index (κ3) is 5.48. The van der Waals surface area contributed by atoms with Gasteiger partial charge in [-0.05, 0) is 25.0 Å². The van der Waals surface area contributed by atoms with Crippen LogP contribution in [0.2, 0.25) is 0 Å². The number of aliphatic carboxylic acids is 1. The number of para-hydroxylation sites is 1. The number of halogens is 3. The van der Waals surface area contributed by atoms with Crippen LogP contribution < -0.4 is 10.6 Å². The highest BCUT2D eigenvalue weighted by molar-refractivity contribution is 5.73. The molecule has 0 aromatic heterocycles. The minimum atomic E-state index is -5.08. The first kappa shape index (κ1) is 16.3. The fourth-order valence-electron chi connectivity index (χ4n) is 1.80. The number of nitrogens with two attached hydrogens (primary N) is 1. The molecule has 1 aliphatic heterocycles. The lowest BCUT2D eigenvalue weighted by molar-refractivity contribution is -0.192. The Morgan fingerprint density at radius 3 is 2.05 bits per heavy atom. The molecule has 3 N–H and O–H groups in total. The molecule has 0 bridgehead atoms. The topological polar surface area (TPSA) is 66.6 Å². The summed E-state index contributed by atoms with van der Waals surface area (Å²) in [5, 5.41) is 7.12. The molecule has 1 fully saturated rings. The fourth-order valence-corrected chi connectivity index (χ4v) is 1.80. The third-order valence-electron chi connectivity index (χ3n) is 2.90. The van der Waals surface area contributed by atoms with E-state index in [0.29, 0.717) is 6.04 Å². The van der Waals surface area contributed by atoms with Crippen molar-refractivity contribution in [3.8, 4) is 0 Å². The van der Waals surface area contributed by atoms with Crippen molar-refractivity contribution in [3.63, 3.8) is 0 Å². The number of nitrogens with zero attached hydrogens (tertiary/aromatic N) is 1. The molecule has 7 heteroatoms. The monoisotopic (exact) mass is 290 g/mol. The van der Waals surface area contributed by atoms with Crippen LogP contribution in [0.25, 0.3) is 0 Å². The Morgan fingerprint density at radius 1 is 1.20 bits per heavy atom. The number of hydrogen-bond acceptors (Lipinski definition) is 3. The van der Waals surface area contributed by atoms with Gasteiger partial charge >= 0.3 is 12.1 Å².